The lowest BCUT2D eigenvalue weighted by Gasteiger charge is -2.20. The molecule has 1 N–H and O–H groups in total. The molecule has 0 aliphatic heterocycles. The van der Waals surface area contributed by atoms with Gasteiger partial charge in [-0.25, -0.2) is 5.09 Å². The monoisotopic (exact) mass is 285 g/mol. The third-order valence-corrected chi connectivity index (χ3v) is 3.73. The van der Waals surface area contributed by atoms with Crippen molar-refractivity contribution in [1.29, 1.82) is 0 Å². The maximum Gasteiger partial charge on any atom is 0.313 e. The van der Waals surface area contributed by atoms with E-state index < -0.39 is 7.52 Å². The van der Waals surface area contributed by atoms with Crippen LogP contribution >= 0.6 is 7.52 Å². The molecule has 2 atom stereocenters. The van der Waals surface area contributed by atoms with Gasteiger partial charge in [0.1, 0.15) is 12.4 Å². The van der Waals surface area contributed by atoms with Crippen LogP contribution in [0, 0.1) is 0 Å². The molecule has 1 unspecified atom stereocenters. The van der Waals surface area contributed by atoms with Crippen molar-refractivity contribution in [2.24, 2.45) is 0 Å². The summed E-state index contributed by atoms with van der Waals surface area (Å²) in [5.74, 6) is 0.266. The van der Waals surface area contributed by atoms with Crippen LogP contribution in [0.4, 0.5) is 0 Å². The van der Waals surface area contributed by atoms with Crippen LogP contribution in [-0.2, 0) is 14.1 Å². The van der Waals surface area contributed by atoms with Gasteiger partial charge in [-0.2, -0.15) is 0 Å². The number of ether oxygens (including phenoxy) is 1. The van der Waals surface area contributed by atoms with Gasteiger partial charge in [-0.05, 0) is 19.1 Å². The fourth-order valence-electron chi connectivity index (χ4n) is 1.47. The Morgan fingerprint density at radius 3 is 2.58 bits per heavy atom. The fraction of sp³-hybridized carbons (Fsp3) is 0.462. The number of hydrogen-bond acceptors (Lipinski definition) is 4. The first kappa shape index (κ1) is 15.7. The summed E-state index contributed by atoms with van der Waals surface area (Å²) in [6.45, 7) is 5.18. The van der Waals surface area contributed by atoms with Gasteiger partial charge < -0.3 is 9.26 Å². The summed E-state index contributed by atoms with van der Waals surface area (Å²) in [5.41, 5.74) is 0. The van der Waals surface area contributed by atoms with Crippen LogP contribution in [0.3, 0.4) is 0 Å². The lowest BCUT2D eigenvalue weighted by atomic mass is 10.3. The maximum absolute atomic E-state index is 12.2. The molecule has 0 saturated heterocycles. The Balaban J connectivity index is 2.45. The summed E-state index contributed by atoms with van der Waals surface area (Å²) >= 11 is 0. The predicted molar refractivity (Wildman–Crippen MR) is 74.4 cm³/mol. The van der Waals surface area contributed by atoms with Gasteiger partial charge >= 0.3 is 13.5 Å². The van der Waals surface area contributed by atoms with Crippen molar-refractivity contribution in [2.45, 2.75) is 26.3 Å². The molecule has 106 valence electrons. The van der Waals surface area contributed by atoms with Gasteiger partial charge in [0.15, 0.2) is 0 Å². The van der Waals surface area contributed by atoms with Gasteiger partial charge in [-0.3, -0.25) is 9.36 Å². The Labute approximate surface area is 113 Å². The van der Waals surface area contributed by atoms with Gasteiger partial charge in [0.05, 0.1) is 0 Å². The van der Waals surface area contributed by atoms with Gasteiger partial charge in [0.25, 0.3) is 0 Å². The van der Waals surface area contributed by atoms with Crippen LogP contribution in [-0.4, -0.2) is 25.3 Å². The lowest BCUT2D eigenvalue weighted by molar-refractivity contribution is -0.143. The van der Waals surface area contributed by atoms with Crippen LogP contribution < -0.4 is 9.61 Å². The van der Waals surface area contributed by atoms with Crippen molar-refractivity contribution in [1.82, 2.24) is 5.09 Å². The molecule has 0 fully saturated rings. The first-order valence-electron chi connectivity index (χ1n) is 6.18. The van der Waals surface area contributed by atoms with E-state index in [0.717, 1.165) is 0 Å². The highest BCUT2D eigenvalue weighted by Gasteiger charge is 2.20. The SMILES string of the molecule is CCC(=O)OC[C@H](C)NP(C)(=O)Oc1ccccc1. The standard InChI is InChI=1S/C13H20NO4P/c1-4-13(15)17-10-11(2)14-19(3,16)18-12-8-6-5-7-9-12/h5-9,11H,4,10H2,1-3H3,(H,14,16)/t11-,19?/m0/s1. The summed E-state index contributed by atoms with van der Waals surface area (Å²) in [4.78, 5) is 11.0. The molecule has 6 heteroatoms. The fourth-order valence-corrected chi connectivity index (χ4v) is 2.92. The molecule has 0 spiro atoms. The van der Waals surface area contributed by atoms with E-state index in [0.29, 0.717) is 12.2 Å². The molecule has 0 amide bonds. The Morgan fingerprint density at radius 1 is 1.37 bits per heavy atom. The minimum Gasteiger partial charge on any atom is -0.464 e. The number of rotatable bonds is 7. The second-order valence-electron chi connectivity index (χ2n) is 4.32. The van der Waals surface area contributed by atoms with E-state index >= 15 is 0 Å². The minimum atomic E-state index is -2.98. The highest BCUT2D eigenvalue weighted by Crippen LogP contribution is 2.39. The number of nitrogens with one attached hydrogen (secondary N) is 1. The van der Waals surface area contributed by atoms with Crippen molar-refractivity contribution < 1.29 is 18.6 Å². The third-order valence-electron chi connectivity index (χ3n) is 2.26. The predicted octanol–water partition coefficient (Wildman–Crippen LogP) is 2.82. The average Bonchev–Trinajstić information content (AvgIpc) is 2.36. The highest BCUT2D eigenvalue weighted by atomic mass is 31.2. The summed E-state index contributed by atoms with van der Waals surface area (Å²) in [6.07, 6.45) is 0.330. The Morgan fingerprint density at radius 2 is 2.00 bits per heavy atom. The molecule has 0 bridgehead atoms. The number of carbonyl (C=O) groups excluding carboxylic acids is 1. The van der Waals surface area contributed by atoms with E-state index in [2.05, 4.69) is 5.09 Å². The molecule has 0 radical (unpaired) electrons. The number of benzene rings is 1. The number of para-hydroxylation sites is 1. The normalized spacial score (nSPS) is 15.3. The Hall–Kier alpha value is -1.32. The van der Waals surface area contributed by atoms with Crippen molar-refractivity contribution in [2.75, 3.05) is 13.3 Å². The van der Waals surface area contributed by atoms with Gasteiger partial charge in [0, 0.05) is 19.1 Å². The van der Waals surface area contributed by atoms with E-state index in [1.807, 2.05) is 18.2 Å². The third kappa shape index (κ3) is 6.41. The van der Waals surface area contributed by atoms with E-state index in [1.54, 1.807) is 26.0 Å². The summed E-state index contributed by atoms with van der Waals surface area (Å²) in [5, 5.41) is 2.84. The Bertz CT molecular complexity index is 449. The molecule has 0 aliphatic carbocycles. The summed E-state index contributed by atoms with van der Waals surface area (Å²) in [6, 6.07) is 8.70. The van der Waals surface area contributed by atoms with Crippen molar-refractivity contribution >= 4 is 13.5 Å². The summed E-state index contributed by atoms with van der Waals surface area (Å²) < 4.78 is 22.6. The molecule has 0 heterocycles. The molecular weight excluding hydrogens is 265 g/mol. The highest BCUT2D eigenvalue weighted by molar-refractivity contribution is 7.56. The molecule has 0 saturated carbocycles. The van der Waals surface area contributed by atoms with Gasteiger partial charge in [0.2, 0.25) is 0 Å². The smallest absolute Gasteiger partial charge is 0.313 e. The molecule has 1 aromatic rings. The Kier molecular flexibility index (Phi) is 6.06. The maximum atomic E-state index is 12.2. The number of carbonyl (C=O) groups is 1. The quantitative estimate of drug-likeness (QED) is 0.616. The lowest BCUT2D eigenvalue weighted by Crippen LogP contribution is -2.30. The molecule has 0 aliphatic rings. The van der Waals surface area contributed by atoms with E-state index in [1.165, 1.54) is 6.66 Å². The van der Waals surface area contributed by atoms with E-state index in [9.17, 15) is 9.36 Å². The summed E-state index contributed by atoms with van der Waals surface area (Å²) in [7, 11) is -2.98. The molecule has 1 aromatic carbocycles. The van der Waals surface area contributed by atoms with E-state index in [-0.39, 0.29) is 18.6 Å². The molecular formula is C13H20NO4P. The van der Waals surface area contributed by atoms with Crippen LogP contribution in [0.2, 0.25) is 0 Å². The van der Waals surface area contributed by atoms with Crippen LogP contribution in [0.5, 0.6) is 5.75 Å². The van der Waals surface area contributed by atoms with Crippen molar-refractivity contribution in [3.05, 3.63) is 30.3 Å². The van der Waals surface area contributed by atoms with E-state index in [4.69, 9.17) is 9.26 Å². The first-order valence-corrected chi connectivity index (χ1v) is 8.25. The van der Waals surface area contributed by atoms with Gasteiger partial charge in [-0.1, -0.05) is 25.1 Å². The molecule has 0 aromatic heterocycles. The van der Waals surface area contributed by atoms with Crippen LogP contribution in [0.25, 0.3) is 0 Å². The average molecular weight is 285 g/mol. The zero-order valence-electron chi connectivity index (χ0n) is 11.5. The van der Waals surface area contributed by atoms with Crippen LogP contribution in [0.1, 0.15) is 20.3 Å². The molecule has 1 rings (SSSR count). The van der Waals surface area contributed by atoms with Crippen molar-refractivity contribution in [3.63, 3.8) is 0 Å². The molecule has 19 heavy (non-hydrogen) atoms. The first-order chi connectivity index (χ1) is 8.93. The second-order valence-corrected chi connectivity index (χ2v) is 6.45. The zero-order valence-corrected chi connectivity index (χ0v) is 12.4. The van der Waals surface area contributed by atoms with Gasteiger partial charge in [-0.15, -0.1) is 0 Å². The zero-order chi connectivity index (χ0) is 14.3. The second kappa shape index (κ2) is 7.31. The number of hydrogen-bond donors (Lipinski definition) is 1. The topological polar surface area (TPSA) is 64.6 Å². The van der Waals surface area contributed by atoms with Crippen molar-refractivity contribution in [3.8, 4) is 5.75 Å². The molecule has 5 nitrogen and oxygen atoms in total. The largest absolute Gasteiger partial charge is 0.464 e. The number of esters is 1. The van der Waals surface area contributed by atoms with Crippen LogP contribution in [0.15, 0.2) is 30.3 Å². The minimum absolute atomic E-state index is 0.169.